The standard InChI is InChI=1S/C23H27N5O2S/c1-5-17-8-6-7-9-19(17)25-21(29)13-20-26-27-23(28(20)4)31-14-22(30)24-18-11-10-15(2)12-16(18)3/h6-12H,5,13-14H2,1-4H3,(H,24,30)(H,25,29). The van der Waals surface area contributed by atoms with Gasteiger partial charge < -0.3 is 15.2 Å². The summed E-state index contributed by atoms with van der Waals surface area (Å²) in [6, 6.07) is 13.6. The molecule has 162 valence electrons. The van der Waals surface area contributed by atoms with Gasteiger partial charge in [0.05, 0.1) is 12.2 Å². The molecule has 0 aliphatic carbocycles. The van der Waals surface area contributed by atoms with E-state index in [2.05, 4.69) is 20.8 Å². The van der Waals surface area contributed by atoms with Gasteiger partial charge in [0.25, 0.3) is 0 Å². The van der Waals surface area contributed by atoms with E-state index >= 15 is 0 Å². The maximum atomic E-state index is 12.5. The van der Waals surface area contributed by atoms with Crippen LogP contribution in [0, 0.1) is 13.8 Å². The van der Waals surface area contributed by atoms with Crippen molar-refractivity contribution in [1.29, 1.82) is 0 Å². The zero-order chi connectivity index (χ0) is 22.4. The zero-order valence-corrected chi connectivity index (χ0v) is 19.0. The fourth-order valence-electron chi connectivity index (χ4n) is 3.18. The van der Waals surface area contributed by atoms with Gasteiger partial charge in [-0.15, -0.1) is 10.2 Å². The smallest absolute Gasteiger partial charge is 0.234 e. The number of aryl methyl sites for hydroxylation is 3. The molecule has 0 spiro atoms. The lowest BCUT2D eigenvalue weighted by Gasteiger charge is -2.10. The van der Waals surface area contributed by atoms with Crippen molar-refractivity contribution in [2.45, 2.75) is 38.8 Å². The lowest BCUT2D eigenvalue weighted by atomic mass is 10.1. The lowest BCUT2D eigenvalue weighted by Crippen LogP contribution is -2.18. The minimum Gasteiger partial charge on any atom is -0.325 e. The summed E-state index contributed by atoms with van der Waals surface area (Å²) in [5.74, 6) is 0.481. The van der Waals surface area contributed by atoms with E-state index < -0.39 is 0 Å². The molecule has 1 heterocycles. The molecular weight excluding hydrogens is 410 g/mol. The Balaban J connectivity index is 1.56. The largest absolute Gasteiger partial charge is 0.325 e. The Morgan fingerprint density at radius 2 is 1.74 bits per heavy atom. The number of hydrogen-bond donors (Lipinski definition) is 2. The van der Waals surface area contributed by atoms with Crippen molar-refractivity contribution in [3.05, 3.63) is 65.0 Å². The van der Waals surface area contributed by atoms with Gasteiger partial charge in [-0.2, -0.15) is 0 Å². The predicted octanol–water partition coefficient (Wildman–Crippen LogP) is 3.91. The highest BCUT2D eigenvalue weighted by Crippen LogP contribution is 2.20. The molecule has 1 aromatic heterocycles. The highest BCUT2D eigenvalue weighted by Gasteiger charge is 2.15. The minimum atomic E-state index is -0.152. The van der Waals surface area contributed by atoms with E-state index in [1.54, 1.807) is 11.6 Å². The highest BCUT2D eigenvalue weighted by atomic mass is 32.2. The Kier molecular flexibility index (Phi) is 7.46. The molecule has 2 amide bonds. The highest BCUT2D eigenvalue weighted by molar-refractivity contribution is 7.99. The zero-order valence-electron chi connectivity index (χ0n) is 18.2. The van der Waals surface area contributed by atoms with Crippen molar-refractivity contribution in [1.82, 2.24) is 14.8 Å². The monoisotopic (exact) mass is 437 g/mol. The number of hydrogen-bond acceptors (Lipinski definition) is 5. The summed E-state index contributed by atoms with van der Waals surface area (Å²) in [5, 5.41) is 14.7. The summed E-state index contributed by atoms with van der Waals surface area (Å²) in [4.78, 5) is 24.8. The number of para-hydroxylation sites is 1. The first-order chi connectivity index (χ1) is 14.9. The average molecular weight is 438 g/mol. The fourth-order valence-corrected chi connectivity index (χ4v) is 3.91. The number of carbonyl (C=O) groups excluding carboxylic acids is 2. The Labute approximate surface area is 186 Å². The van der Waals surface area contributed by atoms with Gasteiger partial charge in [0.15, 0.2) is 5.16 Å². The third-order valence-corrected chi connectivity index (χ3v) is 5.92. The number of amides is 2. The van der Waals surface area contributed by atoms with E-state index in [0.717, 1.165) is 34.5 Å². The van der Waals surface area contributed by atoms with Crippen molar-refractivity contribution in [3.63, 3.8) is 0 Å². The van der Waals surface area contributed by atoms with Crippen LogP contribution in [0.2, 0.25) is 0 Å². The molecule has 3 rings (SSSR count). The summed E-state index contributed by atoms with van der Waals surface area (Å²) in [6.07, 6.45) is 0.947. The van der Waals surface area contributed by atoms with Gasteiger partial charge in [-0.05, 0) is 43.5 Å². The Hall–Kier alpha value is -3.13. The van der Waals surface area contributed by atoms with E-state index in [-0.39, 0.29) is 24.0 Å². The van der Waals surface area contributed by atoms with Gasteiger partial charge in [0.1, 0.15) is 5.82 Å². The molecule has 0 aliphatic heterocycles. The summed E-state index contributed by atoms with van der Waals surface area (Å²) in [7, 11) is 1.80. The van der Waals surface area contributed by atoms with Gasteiger partial charge in [0, 0.05) is 18.4 Å². The van der Waals surface area contributed by atoms with Crippen LogP contribution in [0.5, 0.6) is 0 Å². The van der Waals surface area contributed by atoms with Crippen LogP contribution in [0.3, 0.4) is 0 Å². The second kappa shape index (κ2) is 10.3. The Morgan fingerprint density at radius 1 is 1.00 bits per heavy atom. The lowest BCUT2D eigenvalue weighted by molar-refractivity contribution is -0.116. The topological polar surface area (TPSA) is 88.9 Å². The normalized spacial score (nSPS) is 10.7. The van der Waals surface area contributed by atoms with Crippen LogP contribution in [-0.4, -0.2) is 32.3 Å². The van der Waals surface area contributed by atoms with E-state index in [1.807, 2.05) is 63.2 Å². The quantitative estimate of drug-likeness (QED) is 0.522. The number of aromatic nitrogens is 3. The first kappa shape index (κ1) is 22.6. The molecule has 7 nitrogen and oxygen atoms in total. The van der Waals surface area contributed by atoms with E-state index in [1.165, 1.54) is 11.8 Å². The van der Waals surface area contributed by atoms with E-state index in [0.29, 0.717) is 11.0 Å². The summed E-state index contributed by atoms with van der Waals surface area (Å²) in [6.45, 7) is 6.03. The fraction of sp³-hybridized carbons (Fsp3) is 0.304. The Morgan fingerprint density at radius 3 is 2.48 bits per heavy atom. The van der Waals surface area contributed by atoms with Crippen LogP contribution in [-0.2, 0) is 29.5 Å². The van der Waals surface area contributed by atoms with Crippen molar-refractivity contribution >= 4 is 35.0 Å². The second-order valence-corrected chi connectivity index (χ2v) is 8.29. The molecule has 0 unspecified atom stereocenters. The average Bonchev–Trinajstić information content (AvgIpc) is 3.08. The molecule has 0 atom stereocenters. The molecule has 8 heteroatoms. The molecule has 0 saturated carbocycles. The SMILES string of the molecule is CCc1ccccc1NC(=O)Cc1nnc(SCC(=O)Nc2ccc(C)cc2C)n1C. The van der Waals surface area contributed by atoms with Crippen LogP contribution in [0.1, 0.15) is 29.4 Å². The maximum Gasteiger partial charge on any atom is 0.234 e. The molecule has 0 radical (unpaired) electrons. The molecule has 2 aromatic carbocycles. The van der Waals surface area contributed by atoms with Crippen LogP contribution in [0.4, 0.5) is 11.4 Å². The van der Waals surface area contributed by atoms with Crippen molar-refractivity contribution in [2.75, 3.05) is 16.4 Å². The minimum absolute atomic E-state index is 0.108. The number of thioether (sulfide) groups is 1. The van der Waals surface area contributed by atoms with Gasteiger partial charge in [-0.3, -0.25) is 9.59 Å². The van der Waals surface area contributed by atoms with Crippen molar-refractivity contribution < 1.29 is 9.59 Å². The van der Waals surface area contributed by atoms with Gasteiger partial charge >= 0.3 is 0 Å². The third kappa shape index (κ3) is 5.95. The molecule has 31 heavy (non-hydrogen) atoms. The molecule has 3 aromatic rings. The molecule has 0 fully saturated rings. The van der Waals surface area contributed by atoms with Crippen LogP contribution in [0.15, 0.2) is 47.6 Å². The summed E-state index contributed by atoms with van der Waals surface area (Å²) < 4.78 is 1.75. The number of nitrogens with zero attached hydrogens (tertiary/aromatic N) is 3. The first-order valence-corrected chi connectivity index (χ1v) is 11.1. The van der Waals surface area contributed by atoms with Crippen molar-refractivity contribution in [2.24, 2.45) is 7.05 Å². The molecule has 0 saturated heterocycles. The van der Waals surface area contributed by atoms with E-state index in [9.17, 15) is 9.59 Å². The van der Waals surface area contributed by atoms with Crippen LogP contribution >= 0.6 is 11.8 Å². The van der Waals surface area contributed by atoms with Gasteiger partial charge in [-0.25, -0.2) is 0 Å². The number of benzene rings is 2. The molecule has 0 bridgehead atoms. The van der Waals surface area contributed by atoms with Gasteiger partial charge in [-0.1, -0.05) is 54.6 Å². The number of anilines is 2. The molecule has 2 N–H and O–H groups in total. The van der Waals surface area contributed by atoms with Gasteiger partial charge in [0.2, 0.25) is 11.8 Å². The first-order valence-electron chi connectivity index (χ1n) is 10.1. The second-order valence-electron chi connectivity index (χ2n) is 7.35. The summed E-state index contributed by atoms with van der Waals surface area (Å²) >= 11 is 1.29. The maximum absolute atomic E-state index is 12.5. The molecular formula is C23H27N5O2S. The molecule has 0 aliphatic rings. The van der Waals surface area contributed by atoms with Crippen molar-refractivity contribution in [3.8, 4) is 0 Å². The summed E-state index contributed by atoms with van der Waals surface area (Å²) in [5.41, 5.74) is 4.88. The number of carbonyl (C=O) groups is 2. The number of nitrogens with one attached hydrogen (secondary N) is 2. The Bertz CT molecular complexity index is 1090. The van der Waals surface area contributed by atoms with Crippen LogP contribution in [0.25, 0.3) is 0 Å². The van der Waals surface area contributed by atoms with Crippen LogP contribution < -0.4 is 10.6 Å². The number of rotatable bonds is 8. The predicted molar refractivity (Wildman–Crippen MR) is 124 cm³/mol. The van der Waals surface area contributed by atoms with E-state index in [4.69, 9.17) is 0 Å². The third-order valence-electron chi connectivity index (χ3n) is 4.90.